The second-order valence-corrected chi connectivity index (χ2v) is 5.07. The maximum atomic E-state index is 11.7. The molecule has 2 rings (SSSR count). The molecule has 0 aliphatic rings. The molecule has 0 aromatic heterocycles. The normalized spacial score (nSPS) is 10.6. The summed E-state index contributed by atoms with van der Waals surface area (Å²) >= 11 is 0. The number of carbonyl (C=O) groups excluding carboxylic acids is 1. The summed E-state index contributed by atoms with van der Waals surface area (Å²) in [7, 11) is 1.61. The molecule has 128 valence electrons. The summed E-state index contributed by atoms with van der Waals surface area (Å²) in [6.45, 7) is 3.67. The smallest absolute Gasteiger partial charge is 0.343 e. The van der Waals surface area contributed by atoms with Crippen LogP contribution in [0.5, 0.6) is 5.75 Å². The van der Waals surface area contributed by atoms with Gasteiger partial charge in [0.05, 0.1) is 25.0 Å². The molecule has 0 atom stereocenters. The molecule has 0 amide bonds. The first kappa shape index (κ1) is 18.2. The molecule has 2 aromatic rings. The average Bonchev–Trinajstić information content (AvgIpc) is 2.66. The lowest BCUT2D eigenvalue weighted by molar-refractivity contribution is -0.138. The van der Waals surface area contributed by atoms with E-state index in [-0.39, 0.29) is 5.57 Å². The number of methoxy groups -OCH3 is 1. The maximum Gasteiger partial charge on any atom is 0.343 e. The van der Waals surface area contributed by atoms with E-state index in [4.69, 9.17) is 9.47 Å². The molecule has 0 heterocycles. The van der Waals surface area contributed by atoms with Gasteiger partial charge in [0.25, 0.3) is 0 Å². The lowest BCUT2D eigenvalue weighted by atomic mass is 10.2. The van der Waals surface area contributed by atoms with E-state index in [1.54, 1.807) is 21.0 Å². The Bertz CT molecular complexity index is 803. The molecular weight excluding hydrogens is 316 g/mol. The van der Waals surface area contributed by atoms with Crippen molar-refractivity contribution in [1.82, 2.24) is 0 Å². The van der Waals surface area contributed by atoms with Crippen molar-refractivity contribution in [2.24, 2.45) is 9.98 Å². The van der Waals surface area contributed by atoms with Crippen LogP contribution in [0.4, 0.5) is 5.69 Å². The van der Waals surface area contributed by atoms with Gasteiger partial charge < -0.3 is 9.47 Å². The fourth-order valence-corrected chi connectivity index (χ4v) is 1.94. The first-order chi connectivity index (χ1) is 12.1. The van der Waals surface area contributed by atoms with Gasteiger partial charge in [0.2, 0.25) is 0 Å². The van der Waals surface area contributed by atoms with Gasteiger partial charge >= 0.3 is 5.97 Å². The molecule has 0 saturated carbocycles. The summed E-state index contributed by atoms with van der Waals surface area (Å²) in [5.74, 6) is 3.46. The van der Waals surface area contributed by atoms with E-state index in [0.29, 0.717) is 12.4 Å². The number of ether oxygens (including phenoxy) is 2. The van der Waals surface area contributed by atoms with Crippen LogP contribution in [-0.2, 0) is 9.53 Å². The zero-order valence-corrected chi connectivity index (χ0v) is 14.5. The van der Waals surface area contributed by atoms with Crippen LogP contribution in [0.2, 0.25) is 0 Å². The number of aliphatic imine (C=N–C) groups is 2. The minimum Gasteiger partial charge on any atom is -0.497 e. The second kappa shape index (κ2) is 9.21. The first-order valence-electron chi connectivity index (χ1n) is 7.89. The number of hydrogen-bond acceptors (Lipinski definition) is 4. The summed E-state index contributed by atoms with van der Waals surface area (Å²) < 4.78 is 10.1. The summed E-state index contributed by atoms with van der Waals surface area (Å²) in [5, 5.41) is 0. The number of benzene rings is 2. The quantitative estimate of drug-likeness (QED) is 0.359. The average molecular weight is 336 g/mol. The number of para-hydroxylation sites is 1. The van der Waals surface area contributed by atoms with Crippen LogP contribution in [0.3, 0.4) is 0 Å². The molecule has 0 fully saturated rings. The minimum absolute atomic E-state index is 0.288. The van der Waals surface area contributed by atoms with Crippen LogP contribution < -0.4 is 4.74 Å². The summed E-state index contributed by atoms with van der Waals surface area (Å²) in [6.07, 6.45) is 0. The molecular formula is C20H20N2O3. The Morgan fingerprint density at radius 2 is 1.76 bits per heavy atom. The molecule has 0 spiro atoms. The second-order valence-electron chi connectivity index (χ2n) is 5.07. The first-order valence-corrected chi connectivity index (χ1v) is 7.89. The Hall–Kier alpha value is -3.17. The van der Waals surface area contributed by atoms with Gasteiger partial charge in [-0.2, -0.15) is 4.99 Å². The van der Waals surface area contributed by atoms with E-state index >= 15 is 0 Å². The fourth-order valence-electron chi connectivity index (χ4n) is 1.94. The maximum absolute atomic E-state index is 11.7. The van der Waals surface area contributed by atoms with Gasteiger partial charge in [-0.25, -0.2) is 9.79 Å². The van der Waals surface area contributed by atoms with Crippen molar-refractivity contribution in [3.05, 3.63) is 65.7 Å². The molecule has 0 aliphatic carbocycles. The van der Waals surface area contributed by atoms with E-state index in [9.17, 15) is 4.79 Å². The Kier molecular flexibility index (Phi) is 6.69. The van der Waals surface area contributed by atoms with Crippen LogP contribution in [0, 0.1) is 0 Å². The van der Waals surface area contributed by atoms with E-state index in [0.717, 1.165) is 17.0 Å². The van der Waals surface area contributed by atoms with Gasteiger partial charge in [0.15, 0.2) is 5.84 Å². The van der Waals surface area contributed by atoms with Gasteiger partial charge in [0.1, 0.15) is 5.75 Å². The van der Waals surface area contributed by atoms with Crippen molar-refractivity contribution in [2.45, 2.75) is 13.8 Å². The number of hydrogen-bond donors (Lipinski definition) is 0. The molecule has 0 aliphatic heterocycles. The summed E-state index contributed by atoms with van der Waals surface area (Å²) in [5.41, 5.74) is 1.83. The van der Waals surface area contributed by atoms with Crippen molar-refractivity contribution in [3.63, 3.8) is 0 Å². The van der Waals surface area contributed by atoms with Crippen LogP contribution >= 0.6 is 0 Å². The highest BCUT2D eigenvalue weighted by molar-refractivity contribution is 6.06. The highest BCUT2D eigenvalue weighted by atomic mass is 16.5. The number of carbonyl (C=O) groups is 1. The van der Waals surface area contributed by atoms with Gasteiger partial charge in [0, 0.05) is 11.4 Å². The Morgan fingerprint density at radius 1 is 1.08 bits per heavy atom. The highest BCUT2D eigenvalue weighted by Gasteiger charge is 2.06. The van der Waals surface area contributed by atoms with Crippen molar-refractivity contribution >= 4 is 23.4 Å². The van der Waals surface area contributed by atoms with E-state index < -0.39 is 5.97 Å². The largest absolute Gasteiger partial charge is 0.497 e. The number of esters is 1. The van der Waals surface area contributed by atoms with Crippen molar-refractivity contribution < 1.29 is 14.3 Å². The monoisotopic (exact) mass is 336 g/mol. The fraction of sp³-hybridized carbons (Fsp3) is 0.200. The molecule has 25 heavy (non-hydrogen) atoms. The predicted molar refractivity (Wildman–Crippen MR) is 98.9 cm³/mol. The van der Waals surface area contributed by atoms with Gasteiger partial charge in [-0.15, -0.1) is 0 Å². The third kappa shape index (κ3) is 5.44. The van der Waals surface area contributed by atoms with Crippen molar-refractivity contribution in [3.8, 4) is 5.75 Å². The summed E-state index contributed by atoms with van der Waals surface area (Å²) in [4.78, 5) is 20.5. The van der Waals surface area contributed by atoms with Gasteiger partial charge in [-0.05, 0) is 50.2 Å². The molecule has 0 radical (unpaired) electrons. The molecule has 0 N–H and O–H groups in total. The van der Waals surface area contributed by atoms with Crippen LogP contribution in [0.15, 0.2) is 70.2 Å². The van der Waals surface area contributed by atoms with E-state index in [1.165, 1.54) is 0 Å². The molecule has 0 bridgehead atoms. The molecule has 5 nitrogen and oxygen atoms in total. The Labute approximate surface area is 147 Å². The standard InChI is InChI=1S/C20H20N2O3/c1-4-25-20(23)15(2)14-21-19(22-17-8-6-5-7-9-17)16-10-12-18(24-3)13-11-16/h5-13H,4H2,1-3H3. The third-order valence-electron chi connectivity index (χ3n) is 3.25. The number of nitrogens with zero attached hydrogens (tertiary/aromatic N) is 2. The van der Waals surface area contributed by atoms with Gasteiger partial charge in [-0.3, -0.25) is 0 Å². The van der Waals surface area contributed by atoms with Crippen LogP contribution in [-0.4, -0.2) is 31.4 Å². The highest BCUT2D eigenvalue weighted by Crippen LogP contribution is 2.16. The molecule has 0 unspecified atom stereocenters. The predicted octanol–water partition coefficient (Wildman–Crippen LogP) is 3.95. The molecule has 2 aromatic carbocycles. The zero-order valence-electron chi connectivity index (χ0n) is 14.5. The van der Waals surface area contributed by atoms with Crippen molar-refractivity contribution in [1.29, 1.82) is 0 Å². The number of amidine groups is 1. The Morgan fingerprint density at radius 3 is 2.36 bits per heavy atom. The SMILES string of the molecule is CCOC(=O)C(C)=C=NC(=Nc1ccccc1)c1ccc(OC)cc1. The lowest BCUT2D eigenvalue weighted by Crippen LogP contribution is -2.06. The third-order valence-corrected chi connectivity index (χ3v) is 3.25. The molecule has 5 heteroatoms. The van der Waals surface area contributed by atoms with Crippen LogP contribution in [0.1, 0.15) is 19.4 Å². The van der Waals surface area contributed by atoms with Crippen molar-refractivity contribution in [2.75, 3.05) is 13.7 Å². The van der Waals surface area contributed by atoms with Gasteiger partial charge in [-0.1, -0.05) is 18.2 Å². The lowest BCUT2D eigenvalue weighted by Gasteiger charge is -2.03. The number of rotatable bonds is 5. The minimum atomic E-state index is -0.444. The Balaban J connectivity index is 2.43. The van der Waals surface area contributed by atoms with E-state index in [1.807, 2.05) is 54.6 Å². The molecule has 0 saturated heterocycles. The van der Waals surface area contributed by atoms with Crippen LogP contribution in [0.25, 0.3) is 0 Å². The van der Waals surface area contributed by atoms with E-state index in [2.05, 4.69) is 15.9 Å². The summed E-state index contributed by atoms with van der Waals surface area (Å²) in [6, 6.07) is 16.8. The zero-order chi connectivity index (χ0) is 18.1. The topological polar surface area (TPSA) is 60.2 Å².